The Bertz CT molecular complexity index is 766. The first-order valence-corrected chi connectivity index (χ1v) is 10.4. The number of carbonyl (C=O) groups excluding carboxylic acids is 1. The van der Waals surface area contributed by atoms with Gasteiger partial charge in [-0.05, 0) is 80.7 Å². The maximum Gasteiger partial charge on any atom is 0.251 e. The number of likely N-dealkylation sites (tertiary alicyclic amines) is 1. The lowest BCUT2D eigenvalue weighted by Gasteiger charge is -2.30. The third-order valence-electron chi connectivity index (χ3n) is 5.44. The minimum absolute atomic E-state index is 0.0748. The van der Waals surface area contributed by atoms with Gasteiger partial charge in [0.2, 0.25) is 0 Å². The highest BCUT2D eigenvalue weighted by Gasteiger charge is 2.16. The van der Waals surface area contributed by atoms with Gasteiger partial charge in [0, 0.05) is 12.1 Å². The Hall–Kier alpha value is -2.53. The van der Waals surface area contributed by atoms with Crippen LogP contribution in [0.3, 0.4) is 0 Å². The number of amides is 1. The quantitative estimate of drug-likeness (QED) is 0.729. The molecule has 0 radical (unpaired) electrons. The average Bonchev–Trinajstić information content (AvgIpc) is 2.75. The van der Waals surface area contributed by atoms with Gasteiger partial charge in [-0.25, -0.2) is 0 Å². The molecule has 1 heterocycles. The Balaban J connectivity index is 1.44. The van der Waals surface area contributed by atoms with Crippen LogP contribution in [0.4, 0.5) is 0 Å². The number of methoxy groups -OCH3 is 1. The van der Waals surface area contributed by atoms with E-state index in [9.17, 15) is 4.79 Å². The van der Waals surface area contributed by atoms with Crippen molar-refractivity contribution in [2.75, 3.05) is 26.8 Å². The smallest absolute Gasteiger partial charge is 0.251 e. The summed E-state index contributed by atoms with van der Waals surface area (Å²) in [5.74, 6) is 2.31. The third-order valence-corrected chi connectivity index (χ3v) is 5.44. The van der Waals surface area contributed by atoms with Crippen molar-refractivity contribution in [1.29, 1.82) is 0 Å². The van der Waals surface area contributed by atoms with Crippen LogP contribution in [-0.4, -0.2) is 43.7 Å². The lowest BCUT2D eigenvalue weighted by atomic mass is 9.99. The molecule has 1 atom stereocenters. The Morgan fingerprint density at radius 3 is 2.31 bits per heavy atom. The lowest BCUT2D eigenvalue weighted by molar-refractivity contribution is 0.0926. The number of rotatable bonds is 8. The summed E-state index contributed by atoms with van der Waals surface area (Å²) in [5.41, 5.74) is 1.93. The van der Waals surface area contributed by atoms with Crippen LogP contribution < -0.4 is 14.8 Å². The molecule has 1 aliphatic heterocycles. The molecule has 0 aliphatic carbocycles. The SMILES string of the molecule is COc1ccc(OCC(C)NC(=O)c2ccc(CN3CCC(C)CC3)cc2)cc1. The fourth-order valence-corrected chi connectivity index (χ4v) is 3.48. The van der Waals surface area contributed by atoms with Crippen molar-refractivity contribution in [2.24, 2.45) is 5.92 Å². The van der Waals surface area contributed by atoms with Gasteiger partial charge in [-0.3, -0.25) is 9.69 Å². The van der Waals surface area contributed by atoms with Crippen molar-refractivity contribution in [3.63, 3.8) is 0 Å². The molecule has 5 heteroatoms. The first-order valence-electron chi connectivity index (χ1n) is 10.4. The molecule has 5 nitrogen and oxygen atoms in total. The van der Waals surface area contributed by atoms with Crippen LogP contribution in [0, 0.1) is 5.92 Å². The Labute approximate surface area is 174 Å². The van der Waals surface area contributed by atoms with E-state index in [1.54, 1.807) is 7.11 Å². The number of ether oxygens (including phenoxy) is 2. The van der Waals surface area contributed by atoms with Crippen LogP contribution in [0.25, 0.3) is 0 Å². The zero-order valence-corrected chi connectivity index (χ0v) is 17.7. The Kier molecular flexibility index (Phi) is 7.53. The van der Waals surface area contributed by atoms with Crippen molar-refractivity contribution in [2.45, 2.75) is 39.3 Å². The molecule has 2 aromatic carbocycles. The molecule has 0 bridgehead atoms. The summed E-state index contributed by atoms with van der Waals surface area (Å²) in [6.07, 6.45) is 2.55. The van der Waals surface area contributed by atoms with Gasteiger partial charge in [0.15, 0.2) is 0 Å². The van der Waals surface area contributed by atoms with E-state index in [2.05, 4.69) is 29.3 Å². The fraction of sp³-hybridized carbons (Fsp3) is 0.458. The van der Waals surface area contributed by atoms with Gasteiger partial charge in [-0.1, -0.05) is 19.1 Å². The van der Waals surface area contributed by atoms with Gasteiger partial charge in [0.05, 0.1) is 13.2 Å². The topological polar surface area (TPSA) is 50.8 Å². The molecule has 1 aliphatic rings. The normalized spacial score (nSPS) is 16.2. The minimum atomic E-state index is -0.0976. The first-order chi connectivity index (χ1) is 14.0. The Morgan fingerprint density at radius 1 is 1.07 bits per heavy atom. The molecule has 1 saturated heterocycles. The molecule has 29 heavy (non-hydrogen) atoms. The van der Waals surface area contributed by atoms with Gasteiger partial charge in [0.25, 0.3) is 5.91 Å². The number of hydrogen-bond donors (Lipinski definition) is 1. The second-order valence-corrected chi connectivity index (χ2v) is 8.02. The van der Waals surface area contributed by atoms with Crippen molar-refractivity contribution in [3.8, 4) is 11.5 Å². The van der Waals surface area contributed by atoms with Crippen LogP contribution in [0.5, 0.6) is 11.5 Å². The number of hydrogen-bond acceptors (Lipinski definition) is 4. The highest BCUT2D eigenvalue weighted by atomic mass is 16.5. The van der Waals surface area contributed by atoms with Crippen molar-refractivity contribution in [3.05, 3.63) is 59.7 Å². The number of benzene rings is 2. The molecule has 1 unspecified atom stereocenters. The molecule has 1 amide bonds. The number of carbonyl (C=O) groups is 1. The molecule has 1 N–H and O–H groups in total. The molecule has 156 valence electrons. The van der Waals surface area contributed by atoms with Crippen LogP contribution in [0.15, 0.2) is 48.5 Å². The largest absolute Gasteiger partial charge is 0.497 e. The molecular formula is C24H32N2O3. The van der Waals surface area contributed by atoms with Gasteiger partial charge >= 0.3 is 0 Å². The summed E-state index contributed by atoms with van der Waals surface area (Å²) >= 11 is 0. The highest BCUT2D eigenvalue weighted by molar-refractivity contribution is 5.94. The van der Waals surface area contributed by atoms with Crippen molar-refractivity contribution >= 4 is 5.91 Å². The standard InChI is InChI=1S/C24H32N2O3/c1-18-12-14-26(15-13-18)16-20-4-6-21(7-5-20)24(27)25-19(2)17-29-23-10-8-22(28-3)9-11-23/h4-11,18-19H,12-17H2,1-3H3,(H,25,27). The fourth-order valence-electron chi connectivity index (χ4n) is 3.48. The van der Waals surface area contributed by atoms with Crippen LogP contribution in [0.2, 0.25) is 0 Å². The van der Waals surface area contributed by atoms with Gasteiger partial charge in [-0.15, -0.1) is 0 Å². The molecule has 0 saturated carbocycles. The minimum Gasteiger partial charge on any atom is -0.497 e. The second-order valence-electron chi connectivity index (χ2n) is 8.02. The predicted molar refractivity (Wildman–Crippen MR) is 116 cm³/mol. The number of nitrogens with zero attached hydrogens (tertiary/aromatic N) is 1. The molecule has 2 aromatic rings. The van der Waals surface area contributed by atoms with E-state index in [1.807, 2.05) is 43.3 Å². The van der Waals surface area contributed by atoms with E-state index in [4.69, 9.17) is 9.47 Å². The second kappa shape index (κ2) is 10.3. The molecule has 0 aromatic heterocycles. The predicted octanol–water partition coefficient (Wildman–Crippen LogP) is 4.12. The maximum absolute atomic E-state index is 12.5. The average molecular weight is 397 g/mol. The third kappa shape index (κ3) is 6.50. The molecule has 0 spiro atoms. The molecule has 1 fully saturated rings. The molecule has 3 rings (SSSR count). The van der Waals surface area contributed by atoms with E-state index in [0.29, 0.717) is 12.2 Å². The van der Waals surface area contributed by atoms with Gasteiger partial charge in [0.1, 0.15) is 18.1 Å². The highest BCUT2D eigenvalue weighted by Crippen LogP contribution is 2.19. The molecular weight excluding hydrogens is 364 g/mol. The van der Waals surface area contributed by atoms with Gasteiger partial charge in [-0.2, -0.15) is 0 Å². The summed E-state index contributed by atoms with van der Waals surface area (Å²) in [4.78, 5) is 15.0. The van der Waals surface area contributed by atoms with Crippen molar-refractivity contribution < 1.29 is 14.3 Å². The van der Waals surface area contributed by atoms with Crippen molar-refractivity contribution in [1.82, 2.24) is 10.2 Å². The zero-order chi connectivity index (χ0) is 20.6. The van der Waals surface area contributed by atoms with Crippen LogP contribution in [-0.2, 0) is 6.54 Å². The van der Waals surface area contributed by atoms with E-state index in [1.165, 1.54) is 18.4 Å². The zero-order valence-electron chi connectivity index (χ0n) is 17.7. The number of nitrogens with one attached hydrogen (secondary N) is 1. The van der Waals surface area contributed by atoms with Crippen LogP contribution in [0.1, 0.15) is 42.6 Å². The maximum atomic E-state index is 12.5. The first kappa shape index (κ1) is 21.2. The van der Waals surface area contributed by atoms with E-state index >= 15 is 0 Å². The van der Waals surface area contributed by atoms with E-state index in [-0.39, 0.29) is 11.9 Å². The summed E-state index contributed by atoms with van der Waals surface area (Å²) in [6, 6.07) is 15.3. The monoisotopic (exact) mass is 396 g/mol. The summed E-state index contributed by atoms with van der Waals surface area (Å²) < 4.78 is 10.9. The summed E-state index contributed by atoms with van der Waals surface area (Å²) in [5, 5.41) is 3.00. The van der Waals surface area contributed by atoms with E-state index < -0.39 is 0 Å². The van der Waals surface area contributed by atoms with Gasteiger partial charge < -0.3 is 14.8 Å². The Morgan fingerprint density at radius 2 is 1.69 bits per heavy atom. The van der Waals surface area contributed by atoms with Crippen LogP contribution >= 0.6 is 0 Å². The summed E-state index contributed by atoms with van der Waals surface area (Å²) in [7, 11) is 1.63. The lowest BCUT2D eigenvalue weighted by Crippen LogP contribution is -2.36. The summed E-state index contributed by atoms with van der Waals surface area (Å²) in [6.45, 7) is 7.95. The van der Waals surface area contributed by atoms with E-state index in [0.717, 1.165) is 37.1 Å². The number of piperidine rings is 1.